The van der Waals surface area contributed by atoms with Gasteiger partial charge in [-0.3, -0.25) is 9.11 Å². The van der Waals surface area contributed by atoms with Crippen LogP contribution in [-0.4, -0.2) is 33.1 Å². The van der Waals surface area contributed by atoms with Gasteiger partial charge in [-0.25, -0.2) is 4.79 Å². The van der Waals surface area contributed by atoms with Crippen LogP contribution in [0.2, 0.25) is 0 Å². The fourth-order valence-electron chi connectivity index (χ4n) is 3.27. The number of hydrogen-bond donors (Lipinski definition) is 0. The summed E-state index contributed by atoms with van der Waals surface area (Å²) in [5, 5.41) is -0.278. The Morgan fingerprint density at radius 2 is 1.54 bits per heavy atom. The molecule has 138 valence electrons. The van der Waals surface area contributed by atoms with Gasteiger partial charge in [0.1, 0.15) is 5.60 Å². The Bertz CT molecular complexity index is 771. The van der Waals surface area contributed by atoms with Crippen LogP contribution >= 0.6 is 0 Å². The number of nitrogens with zero attached hydrogens (tertiary/aromatic N) is 1. The fraction of sp³-hybridized carbons (Fsp3) is 0.381. The molecule has 0 spiro atoms. The molecule has 1 saturated heterocycles. The summed E-state index contributed by atoms with van der Waals surface area (Å²) in [6.07, 6.45) is -0.357. The minimum Gasteiger partial charge on any atom is -0.444 e. The highest BCUT2D eigenvalue weighted by atomic mass is 32.2. The molecule has 1 aliphatic rings. The molecule has 1 amide bonds. The Balaban J connectivity index is 2.04. The van der Waals surface area contributed by atoms with Crippen molar-refractivity contribution in [1.82, 2.24) is 4.90 Å². The third kappa shape index (κ3) is 4.15. The lowest BCUT2D eigenvalue weighted by molar-refractivity contribution is 0.0156. The van der Waals surface area contributed by atoms with Gasteiger partial charge in [-0.05, 0) is 31.9 Å². The van der Waals surface area contributed by atoms with Crippen LogP contribution in [0, 0.1) is 0 Å². The van der Waals surface area contributed by atoms with E-state index in [4.69, 9.17) is 4.74 Å². The van der Waals surface area contributed by atoms with Gasteiger partial charge < -0.3 is 4.74 Å². The fourth-order valence-corrected chi connectivity index (χ4v) is 4.95. The highest BCUT2D eigenvalue weighted by Crippen LogP contribution is 2.41. The van der Waals surface area contributed by atoms with Gasteiger partial charge in [0.2, 0.25) is 0 Å². The van der Waals surface area contributed by atoms with Crippen LogP contribution in [-0.2, 0) is 15.5 Å². The molecular formula is C21H25NO3S. The number of amides is 1. The van der Waals surface area contributed by atoms with Gasteiger partial charge in [-0.2, -0.15) is 0 Å². The van der Waals surface area contributed by atoms with Gasteiger partial charge >= 0.3 is 6.09 Å². The van der Waals surface area contributed by atoms with Crippen molar-refractivity contribution in [3.05, 3.63) is 71.8 Å². The van der Waals surface area contributed by atoms with Crippen molar-refractivity contribution < 1.29 is 13.7 Å². The number of ether oxygens (including phenoxy) is 1. The summed E-state index contributed by atoms with van der Waals surface area (Å²) < 4.78 is 18.6. The van der Waals surface area contributed by atoms with E-state index in [1.54, 1.807) is 4.90 Å². The predicted octanol–water partition coefficient (Wildman–Crippen LogP) is 4.47. The standard InChI is InChI=1S/C21H25NO3S/c1-21(2,3)25-20(23)22-14-15-26(24)19(17-12-8-5-9-13-17)18(22)16-10-6-4-7-11-16/h4-13,18-19H,14-15H2,1-3H3/t18-,19-,26?/m1/s1. The summed E-state index contributed by atoms with van der Waals surface area (Å²) in [6.45, 7) is 6.00. The topological polar surface area (TPSA) is 46.6 Å². The molecular weight excluding hydrogens is 346 g/mol. The van der Waals surface area contributed by atoms with Crippen LogP contribution < -0.4 is 0 Å². The van der Waals surface area contributed by atoms with E-state index in [-0.39, 0.29) is 17.4 Å². The van der Waals surface area contributed by atoms with Crippen molar-refractivity contribution >= 4 is 16.9 Å². The molecule has 1 fully saturated rings. The average molecular weight is 372 g/mol. The third-order valence-electron chi connectivity index (χ3n) is 4.34. The van der Waals surface area contributed by atoms with Crippen molar-refractivity contribution in [2.24, 2.45) is 0 Å². The van der Waals surface area contributed by atoms with Crippen molar-refractivity contribution in [1.29, 1.82) is 0 Å². The molecule has 3 rings (SSSR count). The van der Waals surface area contributed by atoms with Crippen LogP contribution in [0.1, 0.15) is 43.2 Å². The van der Waals surface area contributed by atoms with Crippen molar-refractivity contribution in [2.45, 2.75) is 37.7 Å². The normalized spacial score (nSPS) is 23.5. The second-order valence-electron chi connectivity index (χ2n) is 7.45. The number of carbonyl (C=O) groups is 1. The minimum absolute atomic E-state index is 0.278. The SMILES string of the molecule is CC(C)(C)OC(=O)N1CCS(=O)[C@H](c2ccccc2)[C@H]1c1ccccc1. The molecule has 1 unspecified atom stereocenters. The zero-order valence-corrected chi connectivity index (χ0v) is 16.2. The van der Waals surface area contributed by atoms with E-state index in [9.17, 15) is 9.00 Å². The summed E-state index contributed by atoms with van der Waals surface area (Å²) in [5.74, 6) is 0.447. The van der Waals surface area contributed by atoms with Crippen LogP contribution in [0.25, 0.3) is 0 Å². The zero-order chi connectivity index (χ0) is 18.7. The molecule has 3 atom stereocenters. The molecule has 0 N–H and O–H groups in total. The van der Waals surface area contributed by atoms with Gasteiger partial charge in [-0.15, -0.1) is 0 Å². The summed E-state index contributed by atoms with van der Waals surface area (Å²) in [5.41, 5.74) is 1.38. The summed E-state index contributed by atoms with van der Waals surface area (Å²) >= 11 is 0. The smallest absolute Gasteiger partial charge is 0.410 e. The molecule has 0 aliphatic carbocycles. The van der Waals surface area contributed by atoms with E-state index in [0.717, 1.165) is 11.1 Å². The molecule has 1 aliphatic heterocycles. The molecule has 26 heavy (non-hydrogen) atoms. The molecule has 5 heteroatoms. The molecule has 4 nitrogen and oxygen atoms in total. The van der Waals surface area contributed by atoms with E-state index in [0.29, 0.717) is 12.3 Å². The lowest BCUT2D eigenvalue weighted by atomic mass is 9.96. The van der Waals surface area contributed by atoms with Crippen LogP contribution in [0.15, 0.2) is 60.7 Å². The Morgan fingerprint density at radius 1 is 1.00 bits per heavy atom. The number of rotatable bonds is 2. The van der Waals surface area contributed by atoms with Crippen molar-refractivity contribution in [3.8, 4) is 0 Å². The molecule has 0 radical (unpaired) electrons. The van der Waals surface area contributed by atoms with Gasteiger partial charge in [0.05, 0.1) is 11.3 Å². The van der Waals surface area contributed by atoms with Crippen LogP contribution in [0.5, 0.6) is 0 Å². The third-order valence-corrected chi connectivity index (χ3v) is 6.02. The Kier molecular flexibility index (Phi) is 5.47. The summed E-state index contributed by atoms with van der Waals surface area (Å²) in [7, 11) is -1.07. The largest absolute Gasteiger partial charge is 0.444 e. The Labute approximate surface area is 157 Å². The number of benzene rings is 2. The van der Waals surface area contributed by atoms with E-state index < -0.39 is 16.4 Å². The predicted molar refractivity (Wildman–Crippen MR) is 104 cm³/mol. The highest BCUT2D eigenvalue weighted by Gasteiger charge is 2.42. The van der Waals surface area contributed by atoms with E-state index in [1.165, 1.54) is 0 Å². The van der Waals surface area contributed by atoms with E-state index in [1.807, 2.05) is 81.4 Å². The molecule has 0 bridgehead atoms. The average Bonchev–Trinajstić information content (AvgIpc) is 2.61. The maximum atomic E-state index is 13.0. The van der Waals surface area contributed by atoms with Gasteiger partial charge in [-0.1, -0.05) is 60.7 Å². The zero-order valence-electron chi connectivity index (χ0n) is 15.4. The van der Waals surface area contributed by atoms with Gasteiger partial charge in [0, 0.05) is 23.1 Å². The lowest BCUT2D eigenvalue weighted by Gasteiger charge is -2.41. The minimum atomic E-state index is -1.07. The van der Waals surface area contributed by atoms with Gasteiger partial charge in [0.15, 0.2) is 0 Å². The first kappa shape index (κ1) is 18.6. The summed E-state index contributed by atoms with van der Waals surface area (Å²) in [6, 6.07) is 19.3. The first-order valence-electron chi connectivity index (χ1n) is 8.83. The number of hydrogen-bond acceptors (Lipinski definition) is 3. The van der Waals surface area contributed by atoms with Gasteiger partial charge in [0.25, 0.3) is 0 Å². The maximum absolute atomic E-state index is 13.0. The first-order valence-corrected chi connectivity index (χ1v) is 10.2. The molecule has 0 saturated carbocycles. The second-order valence-corrected chi connectivity index (χ2v) is 9.12. The van der Waals surface area contributed by atoms with Crippen LogP contribution in [0.4, 0.5) is 4.79 Å². The quantitative estimate of drug-likeness (QED) is 0.782. The first-order chi connectivity index (χ1) is 12.4. The van der Waals surface area contributed by atoms with Crippen molar-refractivity contribution in [3.63, 3.8) is 0 Å². The molecule has 2 aromatic rings. The van der Waals surface area contributed by atoms with E-state index >= 15 is 0 Å². The lowest BCUT2D eigenvalue weighted by Crippen LogP contribution is -2.47. The maximum Gasteiger partial charge on any atom is 0.410 e. The summed E-state index contributed by atoms with van der Waals surface area (Å²) in [4.78, 5) is 14.6. The Hall–Kier alpha value is -2.14. The van der Waals surface area contributed by atoms with Crippen molar-refractivity contribution in [2.75, 3.05) is 12.3 Å². The molecule has 1 heterocycles. The molecule has 0 aromatic heterocycles. The monoisotopic (exact) mass is 371 g/mol. The van der Waals surface area contributed by atoms with Crippen LogP contribution in [0.3, 0.4) is 0 Å². The second kappa shape index (κ2) is 7.62. The highest BCUT2D eigenvalue weighted by molar-refractivity contribution is 7.85. The molecule has 2 aromatic carbocycles. The van der Waals surface area contributed by atoms with E-state index in [2.05, 4.69) is 0 Å². The number of carbonyl (C=O) groups excluding carboxylic acids is 1. The Morgan fingerprint density at radius 3 is 2.08 bits per heavy atom.